The predicted octanol–water partition coefficient (Wildman–Crippen LogP) is 5.31. The number of hydrogen-bond donors (Lipinski definition) is 0. The van der Waals surface area contributed by atoms with Gasteiger partial charge in [-0.15, -0.1) is 0 Å². The van der Waals surface area contributed by atoms with E-state index in [-0.39, 0.29) is 11.1 Å². The quantitative estimate of drug-likeness (QED) is 0.434. The molecule has 4 rings (SSSR count). The summed E-state index contributed by atoms with van der Waals surface area (Å²) in [6.07, 6.45) is 1.61. The molecule has 2 aromatic carbocycles. The highest BCUT2D eigenvalue weighted by Crippen LogP contribution is 2.39. The van der Waals surface area contributed by atoms with Crippen molar-refractivity contribution in [1.82, 2.24) is 0 Å². The molecule has 2 heterocycles. The minimum Gasteiger partial charge on any atom is -0.455 e. The first-order valence-electron chi connectivity index (χ1n) is 10.9. The maximum atomic E-state index is 8.04. The van der Waals surface area contributed by atoms with Crippen molar-refractivity contribution in [3.63, 3.8) is 0 Å². The number of furan rings is 1. The zero-order valence-corrected chi connectivity index (χ0v) is 13.9. The van der Waals surface area contributed by atoms with Gasteiger partial charge in [0.1, 0.15) is 18.2 Å². The highest BCUT2D eigenvalue weighted by Gasteiger charge is 2.22. The third kappa shape index (κ3) is 2.06. The molecule has 0 fully saturated rings. The first kappa shape index (κ1) is 9.63. The molecule has 0 aliphatic carbocycles. The molecule has 0 atom stereocenters. The van der Waals surface area contributed by atoms with E-state index in [4.69, 9.17) is 12.6 Å². The topological polar surface area (TPSA) is 17.0 Å². The van der Waals surface area contributed by atoms with E-state index < -0.39 is 13.7 Å². The second-order valence-electron chi connectivity index (χ2n) is 6.28. The zero-order chi connectivity index (χ0) is 22.0. The number of benzene rings is 2. The van der Waals surface area contributed by atoms with Crippen LogP contribution < -0.4 is 4.57 Å². The van der Waals surface area contributed by atoms with Crippen LogP contribution in [-0.2, 0) is 7.05 Å². The summed E-state index contributed by atoms with van der Waals surface area (Å²) in [6, 6.07) is 10.9. The second-order valence-corrected chi connectivity index (χ2v) is 6.28. The molecular formula is C22H22NO+. The van der Waals surface area contributed by atoms with E-state index in [2.05, 4.69) is 0 Å². The minimum atomic E-state index is -2.29. The molecule has 0 N–H and O–H groups in total. The van der Waals surface area contributed by atoms with Crippen molar-refractivity contribution in [1.29, 1.82) is 0 Å². The summed E-state index contributed by atoms with van der Waals surface area (Å²) in [4.78, 5) is 0. The third-order valence-corrected chi connectivity index (χ3v) is 4.58. The number of rotatable bonds is 1. The van der Waals surface area contributed by atoms with Crippen molar-refractivity contribution >= 4 is 21.9 Å². The van der Waals surface area contributed by atoms with Gasteiger partial charge in [-0.1, -0.05) is 24.3 Å². The summed E-state index contributed by atoms with van der Waals surface area (Å²) in [6.45, 7) is -0.885. The number of para-hydroxylation sites is 1. The van der Waals surface area contributed by atoms with Crippen LogP contribution in [0, 0.1) is 27.6 Å². The monoisotopic (exact) mass is 322 g/mol. The molecule has 0 aliphatic heterocycles. The lowest BCUT2D eigenvalue weighted by molar-refractivity contribution is -0.660. The molecule has 0 unspecified atom stereocenters. The van der Waals surface area contributed by atoms with Gasteiger partial charge in [-0.2, -0.15) is 0 Å². The average Bonchev–Trinajstić information content (AvgIpc) is 3.00. The number of fused-ring (bicyclic) bond motifs is 3. The molecule has 0 saturated carbocycles. The van der Waals surface area contributed by atoms with Gasteiger partial charge >= 0.3 is 0 Å². The largest absolute Gasteiger partial charge is 0.455 e. The van der Waals surface area contributed by atoms with Crippen molar-refractivity contribution in [2.75, 3.05) is 0 Å². The Labute approximate surface area is 150 Å². The Morgan fingerprint density at radius 1 is 0.958 bits per heavy atom. The van der Waals surface area contributed by atoms with E-state index in [1.807, 2.05) is 37.3 Å². The van der Waals surface area contributed by atoms with Crippen LogP contribution in [-0.4, -0.2) is 0 Å². The van der Waals surface area contributed by atoms with Crippen LogP contribution in [0.2, 0.25) is 0 Å². The van der Waals surface area contributed by atoms with Gasteiger partial charge in [0.15, 0.2) is 6.20 Å². The zero-order valence-electron chi connectivity index (χ0n) is 19.9. The van der Waals surface area contributed by atoms with Gasteiger partial charge in [-0.3, -0.25) is 0 Å². The van der Waals surface area contributed by atoms with Crippen LogP contribution in [0.15, 0.2) is 47.0 Å². The Hall–Kier alpha value is -2.61. The molecule has 0 aliphatic rings. The summed E-state index contributed by atoms with van der Waals surface area (Å²) < 4.78 is 55.4. The SMILES string of the molecule is [2H]C([2H])([2H])c1c[n+](C)c(-c2c(C)cc(C([2H])([2H])[2H])c3c2oc2ccccc23)cc1C. The van der Waals surface area contributed by atoms with Crippen molar-refractivity contribution < 1.29 is 17.2 Å². The average molecular weight is 322 g/mol. The fraction of sp³-hybridized carbons (Fsp3) is 0.227. The van der Waals surface area contributed by atoms with Gasteiger partial charge in [-0.25, -0.2) is 4.57 Å². The molecule has 0 radical (unpaired) electrons. The van der Waals surface area contributed by atoms with E-state index in [0.29, 0.717) is 22.1 Å². The van der Waals surface area contributed by atoms with E-state index in [1.54, 1.807) is 30.8 Å². The molecular weight excluding hydrogens is 294 g/mol. The highest BCUT2D eigenvalue weighted by molar-refractivity contribution is 6.11. The lowest BCUT2D eigenvalue weighted by atomic mass is 9.96. The molecule has 0 bridgehead atoms. The standard InChI is InChI=1S/C22H22NO/c1-13-11-18(23(5)12-16(13)4)21-15(3)10-14(2)20-17-8-6-7-9-19(17)24-22(20)21/h6-12H,1-5H3/q+1/i2D3,4D3. The van der Waals surface area contributed by atoms with Crippen LogP contribution in [0.4, 0.5) is 0 Å². The van der Waals surface area contributed by atoms with Gasteiger partial charge in [0.25, 0.3) is 0 Å². The fourth-order valence-electron chi connectivity index (χ4n) is 3.35. The molecule has 24 heavy (non-hydrogen) atoms. The fourth-order valence-corrected chi connectivity index (χ4v) is 3.35. The Balaban J connectivity index is 2.14. The van der Waals surface area contributed by atoms with Gasteiger partial charge in [0, 0.05) is 30.6 Å². The number of aromatic nitrogens is 1. The Morgan fingerprint density at radius 3 is 2.54 bits per heavy atom. The highest BCUT2D eigenvalue weighted by atomic mass is 16.3. The van der Waals surface area contributed by atoms with E-state index in [9.17, 15) is 0 Å². The lowest BCUT2D eigenvalue weighted by Gasteiger charge is -2.09. The Bertz CT molecular complexity index is 1300. The smallest absolute Gasteiger partial charge is 0.216 e. The molecule has 2 aromatic heterocycles. The molecule has 2 nitrogen and oxygen atoms in total. The first-order chi connectivity index (χ1) is 13.9. The summed E-state index contributed by atoms with van der Waals surface area (Å²) in [5.74, 6) is 0. The maximum absolute atomic E-state index is 8.04. The number of pyridine rings is 1. The molecule has 4 aromatic rings. The van der Waals surface area contributed by atoms with Crippen molar-refractivity contribution in [3.05, 3.63) is 64.8 Å². The molecule has 120 valence electrons. The van der Waals surface area contributed by atoms with Crippen molar-refractivity contribution in [2.45, 2.75) is 27.6 Å². The summed E-state index contributed by atoms with van der Waals surface area (Å²) in [5, 5.41) is 1.32. The van der Waals surface area contributed by atoms with Crippen molar-refractivity contribution in [2.24, 2.45) is 7.05 Å². The summed E-state index contributed by atoms with van der Waals surface area (Å²) in [7, 11) is 1.79. The van der Waals surface area contributed by atoms with E-state index in [0.717, 1.165) is 22.2 Å². The van der Waals surface area contributed by atoms with E-state index in [1.165, 1.54) is 0 Å². The number of hydrogen-bond acceptors (Lipinski definition) is 1. The van der Waals surface area contributed by atoms with Crippen LogP contribution in [0.5, 0.6) is 0 Å². The first-order valence-corrected chi connectivity index (χ1v) is 7.86. The molecule has 0 spiro atoms. The van der Waals surface area contributed by atoms with Gasteiger partial charge in [0.2, 0.25) is 5.69 Å². The summed E-state index contributed by atoms with van der Waals surface area (Å²) >= 11 is 0. The Morgan fingerprint density at radius 2 is 1.75 bits per heavy atom. The van der Waals surface area contributed by atoms with Crippen LogP contribution >= 0.6 is 0 Å². The van der Waals surface area contributed by atoms with Crippen molar-refractivity contribution in [3.8, 4) is 11.3 Å². The third-order valence-electron chi connectivity index (χ3n) is 4.58. The molecule has 2 heteroatoms. The maximum Gasteiger partial charge on any atom is 0.216 e. The minimum absolute atomic E-state index is 0.252. The second kappa shape index (κ2) is 5.20. The van der Waals surface area contributed by atoms with E-state index >= 15 is 0 Å². The van der Waals surface area contributed by atoms with Gasteiger partial charge in [0.05, 0.1) is 5.56 Å². The number of nitrogens with zero attached hydrogens (tertiary/aromatic N) is 1. The van der Waals surface area contributed by atoms with Gasteiger partial charge in [-0.05, 0) is 50.3 Å². The number of aryl methyl sites for hydroxylation is 5. The normalized spacial score (nSPS) is 16.3. The van der Waals surface area contributed by atoms with Gasteiger partial charge < -0.3 is 4.42 Å². The summed E-state index contributed by atoms with van der Waals surface area (Å²) in [5.41, 5.74) is 4.57. The van der Waals surface area contributed by atoms with Crippen LogP contribution in [0.25, 0.3) is 33.2 Å². The lowest BCUT2D eigenvalue weighted by Crippen LogP contribution is -2.31. The van der Waals surface area contributed by atoms with Crippen LogP contribution in [0.1, 0.15) is 30.5 Å². The molecule has 0 amide bonds. The predicted molar refractivity (Wildman–Crippen MR) is 99.3 cm³/mol. The molecule has 0 saturated heterocycles. The Kier molecular flexibility index (Phi) is 2.09. The van der Waals surface area contributed by atoms with Crippen LogP contribution in [0.3, 0.4) is 0 Å².